The molecule has 0 aliphatic carbocycles. The molecule has 25 heavy (non-hydrogen) atoms. The maximum absolute atomic E-state index is 13.0. The third-order valence-corrected chi connectivity index (χ3v) is 3.41. The summed E-state index contributed by atoms with van der Waals surface area (Å²) in [7, 11) is 0. The minimum Gasteiger partial charge on any atom is -0.370 e. The smallest absolute Gasteiger partial charge is 0.370 e. The van der Waals surface area contributed by atoms with Gasteiger partial charge in [-0.25, -0.2) is 9.97 Å². The van der Waals surface area contributed by atoms with E-state index in [-0.39, 0.29) is 11.4 Å². The molecule has 1 heterocycles. The zero-order chi connectivity index (χ0) is 18.4. The number of rotatable bonds is 6. The molecule has 0 saturated carbocycles. The van der Waals surface area contributed by atoms with Gasteiger partial charge in [-0.2, -0.15) is 13.2 Å². The van der Waals surface area contributed by atoms with Crippen molar-refractivity contribution in [2.45, 2.75) is 26.4 Å². The van der Waals surface area contributed by atoms with Gasteiger partial charge in [0.25, 0.3) is 5.91 Å². The average molecular weight is 352 g/mol. The molecule has 0 fully saturated rings. The van der Waals surface area contributed by atoms with Crippen LogP contribution in [0.25, 0.3) is 0 Å². The highest BCUT2D eigenvalue weighted by Gasteiger charge is 2.33. The van der Waals surface area contributed by atoms with Gasteiger partial charge in [0.1, 0.15) is 17.8 Å². The lowest BCUT2D eigenvalue weighted by Crippen LogP contribution is -2.18. The van der Waals surface area contributed by atoms with E-state index >= 15 is 0 Å². The summed E-state index contributed by atoms with van der Waals surface area (Å²) >= 11 is 0. The summed E-state index contributed by atoms with van der Waals surface area (Å²) in [5, 5.41) is 5.32. The summed E-state index contributed by atoms with van der Waals surface area (Å²) < 4.78 is 38.9. The van der Waals surface area contributed by atoms with E-state index in [9.17, 15) is 18.0 Å². The molecule has 0 saturated heterocycles. The molecule has 8 heteroatoms. The fourth-order valence-electron chi connectivity index (χ4n) is 2.09. The molecule has 2 N–H and O–H groups in total. The average Bonchev–Trinajstić information content (AvgIpc) is 2.54. The van der Waals surface area contributed by atoms with Crippen molar-refractivity contribution < 1.29 is 18.0 Å². The topological polar surface area (TPSA) is 66.9 Å². The Morgan fingerprint density at radius 1 is 1.20 bits per heavy atom. The summed E-state index contributed by atoms with van der Waals surface area (Å²) in [4.78, 5) is 20.1. The van der Waals surface area contributed by atoms with Gasteiger partial charge < -0.3 is 10.6 Å². The van der Waals surface area contributed by atoms with Crippen LogP contribution in [0, 0.1) is 5.92 Å². The van der Waals surface area contributed by atoms with Crippen molar-refractivity contribution >= 4 is 17.4 Å². The van der Waals surface area contributed by atoms with E-state index in [1.807, 2.05) is 0 Å². The van der Waals surface area contributed by atoms with Gasteiger partial charge in [0.2, 0.25) is 0 Å². The molecule has 0 spiro atoms. The molecule has 2 aromatic rings. The predicted molar refractivity (Wildman–Crippen MR) is 89.4 cm³/mol. The monoisotopic (exact) mass is 352 g/mol. The van der Waals surface area contributed by atoms with Crippen LogP contribution in [0.1, 0.15) is 36.3 Å². The van der Waals surface area contributed by atoms with E-state index in [1.165, 1.54) is 30.6 Å². The Labute approximate surface area is 143 Å². The Morgan fingerprint density at radius 2 is 1.92 bits per heavy atom. The highest BCUT2D eigenvalue weighted by molar-refractivity contribution is 6.03. The van der Waals surface area contributed by atoms with Gasteiger partial charge in [-0.1, -0.05) is 26.0 Å². The van der Waals surface area contributed by atoms with Crippen molar-refractivity contribution in [3.05, 3.63) is 47.9 Å². The number of halogens is 3. The van der Waals surface area contributed by atoms with Gasteiger partial charge in [0.15, 0.2) is 0 Å². The van der Waals surface area contributed by atoms with Crippen molar-refractivity contribution in [1.29, 1.82) is 0 Å². The Bertz CT molecular complexity index is 732. The first-order chi connectivity index (χ1) is 11.8. The standard InChI is InChI=1S/C17H19F3N4O/c1-11(2)7-8-21-15-9-14(22-10-23-15)16(25)24-13-6-4-3-5-12(13)17(18,19)20/h3-6,9-11H,7-8H2,1-2H3,(H,24,25)(H,21,22,23). The zero-order valence-corrected chi connectivity index (χ0v) is 13.9. The second-order valence-corrected chi connectivity index (χ2v) is 5.90. The molecule has 1 amide bonds. The fourth-order valence-corrected chi connectivity index (χ4v) is 2.09. The van der Waals surface area contributed by atoms with Crippen LogP contribution in [0.15, 0.2) is 36.7 Å². The predicted octanol–water partition coefficient (Wildman–Crippen LogP) is 4.21. The number of benzene rings is 1. The molecule has 1 aromatic carbocycles. The first-order valence-electron chi connectivity index (χ1n) is 7.81. The van der Waals surface area contributed by atoms with Crippen LogP contribution in [-0.4, -0.2) is 22.4 Å². The Kier molecular flexibility index (Phi) is 5.95. The molecule has 0 aliphatic rings. The third kappa shape index (κ3) is 5.44. The van der Waals surface area contributed by atoms with E-state index in [4.69, 9.17) is 0 Å². The molecule has 1 aromatic heterocycles. The molecule has 0 aliphatic heterocycles. The number of para-hydroxylation sites is 1. The molecule has 0 radical (unpaired) electrons. The SMILES string of the molecule is CC(C)CCNc1cc(C(=O)Nc2ccccc2C(F)(F)F)ncn1. The van der Waals surface area contributed by atoms with Crippen molar-refractivity contribution in [3.8, 4) is 0 Å². The van der Waals surface area contributed by atoms with Crippen LogP contribution < -0.4 is 10.6 Å². The number of nitrogens with zero attached hydrogens (tertiary/aromatic N) is 2. The van der Waals surface area contributed by atoms with E-state index in [1.54, 1.807) is 0 Å². The lowest BCUT2D eigenvalue weighted by molar-refractivity contribution is -0.136. The number of alkyl halides is 3. The van der Waals surface area contributed by atoms with Crippen LogP contribution in [0.5, 0.6) is 0 Å². The molecule has 2 rings (SSSR count). The first kappa shape index (κ1) is 18.7. The van der Waals surface area contributed by atoms with Gasteiger partial charge in [0.05, 0.1) is 11.3 Å². The number of amides is 1. The lowest BCUT2D eigenvalue weighted by Gasteiger charge is -2.13. The van der Waals surface area contributed by atoms with E-state index < -0.39 is 17.6 Å². The normalized spacial score (nSPS) is 11.4. The fraction of sp³-hybridized carbons (Fsp3) is 0.353. The molecule has 134 valence electrons. The Balaban J connectivity index is 2.12. The van der Waals surface area contributed by atoms with E-state index in [0.29, 0.717) is 18.3 Å². The van der Waals surface area contributed by atoms with E-state index in [0.717, 1.165) is 12.5 Å². The summed E-state index contributed by atoms with van der Waals surface area (Å²) in [6.07, 6.45) is -2.44. The second-order valence-electron chi connectivity index (χ2n) is 5.90. The van der Waals surface area contributed by atoms with Crippen LogP contribution in [-0.2, 0) is 6.18 Å². The van der Waals surface area contributed by atoms with Gasteiger partial charge in [0, 0.05) is 12.6 Å². The molecule has 0 bridgehead atoms. The number of aromatic nitrogens is 2. The zero-order valence-electron chi connectivity index (χ0n) is 13.9. The number of carbonyl (C=O) groups excluding carboxylic acids is 1. The lowest BCUT2D eigenvalue weighted by atomic mass is 10.1. The van der Waals surface area contributed by atoms with Crippen molar-refractivity contribution in [3.63, 3.8) is 0 Å². The molecular formula is C17H19F3N4O. The highest BCUT2D eigenvalue weighted by atomic mass is 19.4. The van der Waals surface area contributed by atoms with Gasteiger partial charge in [-0.15, -0.1) is 0 Å². The highest BCUT2D eigenvalue weighted by Crippen LogP contribution is 2.34. The molecular weight excluding hydrogens is 333 g/mol. The summed E-state index contributed by atoms with van der Waals surface area (Å²) in [6.45, 7) is 4.84. The van der Waals surface area contributed by atoms with Crippen LogP contribution in [0.3, 0.4) is 0 Å². The van der Waals surface area contributed by atoms with E-state index in [2.05, 4.69) is 34.4 Å². The number of nitrogens with one attached hydrogen (secondary N) is 2. The summed E-state index contributed by atoms with van der Waals surface area (Å²) in [6, 6.07) is 6.20. The number of hydrogen-bond acceptors (Lipinski definition) is 4. The van der Waals surface area contributed by atoms with Crippen molar-refractivity contribution in [1.82, 2.24) is 9.97 Å². The first-order valence-corrected chi connectivity index (χ1v) is 7.81. The Morgan fingerprint density at radius 3 is 2.60 bits per heavy atom. The van der Waals surface area contributed by atoms with Gasteiger partial charge in [-0.05, 0) is 24.5 Å². The number of hydrogen-bond donors (Lipinski definition) is 2. The van der Waals surface area contributed by atoms with Crippen LogP contribution >= 0.6 is 0 Å². The van der Waals surface area contributed by atoms with Crippen LogP contribution in [0.2, 0.25) is 0 Å². The quantitative estimate of drug-likeness (QED) is 0.817. The molecule has 5 nitrogen and oxygen atoms in total. The third-order valence-electron chi connectivity index (χ3n) is 3.41. The molecule has 0 atom stereocenters. The summed E-state index contributed by atoms with van der Waals surface area (Å²) in [5.74, 6) is 0.229. The van der Waals surface area contributed by atoms with Gasteiger partial charge >= 0.3 is 6.18 Å². The van der Waals surface area contributed by atoms with Crippen molar-refractivity contribution in [2.75, 3.05) is 17.2 Å². The maximum atomic E-state index is 13.0. The number of carbonyl (C=O) groups is 1. The Hall–Kier alpha value is -2.64. The second kappa shape index (κ2) is 7.96. The van der Waals surface area contributed by atoms with Crippen LogP contribution in [0.4, 0.5) is 24.7 Å². The minimum absolute atomic E-state index is 0.0148. The van der Waals surface area contributed by atoms with Crippen molar-refractivity contribution in [2.24, 2.45) is 5.92 Å². The largest absolute Gasteiger partial charge is 0.418 e. The maximum Gasteiger partial charge on any atom is 0.418 e. The minimum atomic E-state index is -4.56. The molecule has 0 unspecified atom stereocenters. The summed E-state index contributed by atoms with van der Waals surface area (Å²) in [5.41, 5.74) is -1.24. The number of anilines is 2. The van der Waals surface area contributed by atoms with Gasteiger partial charge in [-0.3, -0.25) is 4.79 Å².